The molecule has 1 saturated heterocycles. The zero-order valence-corrected chi connectivity index (χ0v) is 20.2. The minimum absolute atomic E-state index is 0.0369. The second-order valence-corrected chi connectivity index (χ2v) is 9.56. The summed E-state index contributed by atoms with van der Waals surface area (Å²) < 4.78 is 5.14. The first-order chi connectivity index (χ1) is 15.5. The van der Waals surface area contributed by atoms with Crippen molar-refractivity contribution >= 4 is 17.4 Å². The average molecular weight is 452 g/mol. The summed E-state index contributed by atoms with van der Waals surface area (Å²) in [5, 5.41) is 21.8. The molecule has 1 atom stereocenters. The number of aromatic hydroxyl groups is 1. The monoisotopic (exact) mass is 451 g/mol. The lowest BCUT2D eigenvalue weighted by molar-refractivity contribution is -0.139. The molecule has 1 unspecified atom stereocenters. The summed E-state index contributed by atoms with van der Waals surface area (Å²) in [6.45, 7) is 10.5. The molecule has 1 aliphatic heterocycles. The molecule has 0 aromatic heterocycles. The maximum Gasteiger partial charge on any atom is 0.295 e. The molecular weight excluding hydrogens is 418 g/mol. The Balaban J connectivity index is 2.25. The lowest BCUT2D eigenvalue weighted by atomic mass is 9.84. The van der Waals surface area contributed by atoms with Crippen LogP contribution in [0.4, 0.5) is 0 Å². The molecule has 0 spiro atoms. The molecule has 1 aliphatic rings. The number of carbonyl (C=O) groups excluding carboxylic acids is 2. The Kier molecular flexibility index (Phi) is 6.86. The van der Waals surface area contributed by atoms with Crippen LogP contribution in [0.15, 0.2) is 42.0 Å². The number of hydrogen-bond donors (Lipinski definition) is 2. The quantitative estimate of drug-likeness (QED) is 0.357. The Morgan fingerprint density at radius 3 is 2.39 bits per heavy atom. The molecule has 3 rings (SSSR count). The maximum absolute atomic E-state index is 13.2. The van der Waals surface area contributed by atoms with Gasteiger partial charge >= 0.3 is 0 Å². The molecule has 0 saturated carbocycles. The van der Waals surface area contributed by atoms with E-state index >= 15 is 0 Å². The van der Waals surface area contributed by atoms with Gasteiger partial charge in [-0.3, -0.25) is 9.59 Å². The Morgan fingerprint density at radius 2 is 1.82 bits per heavy atom. The number of ketones is 1. The number of aryl methyl sites for hydroxylation is 1. The van der Waals surface area contributed by atoms with Crippen LogP contribution in [0.5, 0.6) is 11.5 Å². The van der Waals surface area contributed by atoms with Crippen LogP contribution in [-0.2, 0) is 15.0 Å². The minimum Gasteiger partial charge on any atom is -0.507 e. The zero-order chi connectivity index (χ0) is 24.5. The highest BCUT2D eigenvalue weighted by atomic mass is 16.5. The number of nitrogens with zero attached hydrogens (tertiary/aromatic N) is 1. The molecule has 6 heteroatoms. The van der Waals surface area contributed by atoms with Gasteiger partial charge in [0.1, 0.15) is 5.76 Å². The van der Waals surface area contributed by atoms with E-state index in [2.05, 4.69) is 20.8 Å². The van der Waals surface area contributed by atoms with Crippen LogP contribution < -0.4 is 4.74 Å². The van der Waals surface area contributed by atoms with E-state index in [4.69, 9.17) is 4.74 Å². The van der Waals surface area contributed by atoms with E-state index in [0.717, 1.165) is 17.5 Å². The Labute approximate surface area is 195 Å². The van der Waals surface area contributed by atoms with Gasteiger partial charge in [-0.1, -0.05) is 52.3 Å². The van der Waals surface area contributed by atoms with E-state index in [1.165, 1.54) is 18.1 Å². The van der Waals surface area contributed by atoms with Crippen LogP contribution >= 0.6 is 0 Å². The summed E-state index contributed by atoms with van der Waals surface area (Å²) in [6, 6.07) is 9.79. The van der Waals surface area contributed by atoms with Gasteiger partial charge in [-0.15, -0.1) is 0 Å². The number of Topliss-reactive ketones (excluding diaryl/α,β-unsaturated/α-hetero) is 1. The van der Waals surface area contributed by atoms with Crippen molar-refractivity contribution in [3.8, 4) is 11.5 Å². The normalized spacial score (nSPS) is 18.1. The van der Waals surface area contributed by atoms with Gasteiger partial charge in [0.05, 0.1) is 18.7 Å². The topological polar surface area (TPSA) is 87.1 Å². The second kappa shape index (κ2) is 9.30. The van der Waals surface area contributed by atoms with Crippen molar-refractivity contribution in [1.29, 1.82) is 0 Å². The van der Waals surface area contributed by atoms with Crippen LogP contribution in [0.25, 0.3) is 5.76 Å². The number of aliphatic hydroxyl groups is 1. The highest BCUT2D eigenvalue weighted by Crippen LogP contribution is 2.42. The van der Waals surface area contributed by atoms with Crippen LogP contribution in [-0.4, -0.2) is 40.5 Å². The van der Waals surface area contributed by atoms with E-state index in [0.29, 0.717) is 24.1 Å². The SMILES string of the molecule is CCCCN1C(=O)C(=O)/C(=C(/O)c2cc(C(C)(C)C)ccc2C)C1c1ccc(OC)c(O)c1. The Morgan fingerprint density at radius 1 is 1.12 bits per heavy atom. The third-order valence-electron chi connectivity index (χ3n) is 6.17. The predicted molar refractivity (Wildman–Crippen MR) is 128 cm³/mol. The summed E-state index contributed by atoms with van der Waals surface area (Å²) in [6.07, 6.45) is 1.56. The van der Waals surface area contributed by atoms with Gasteiger partial charge in [0.15, 0.2) is 11.5 Å². The van der Waals surface area contributed by atoms with Crippen LogP contribution in [0.1, 0.15) is 68.8 Å². The second-order valence-electron chi connectivity index (χ2n) is 9.56. The van der Waals surface area contributed by atoms with Crippen molar-refractivity contribution in [3.63, 3.8) is 0 Å². The van der Waals surface area contributed by atoms with Gasteiger partial charge < -0.3 is 19.8 Å². The van der Waals surface area contributed by atoms with Crippen molar-refractivity contribution < 1.29 is 24.5 Å². The zero-order valence-electron chi connectivity index (χ0n) is 20.2. The largest absolute Gasteiger partial charge is 0.507 e. The number of amides is 1. The fourth-order valence-electron chi connectivity index (χ4n) is 4.15. The predicted octanol–water partition coefficient (Wildman–Crippen LogP) is 5.23. The first-order valence-corrected chi connectivity index (χ1v) is 11.3. The first kappa shape index (κ1) is 24.4. The van der Waals surface area contributed by atoms with Gasteiger partial charge in [0.2, 0.25) is 0 Å². The Hall–Kier alpha value is -3.28. The lowest BCUT2D eigenvalue weighted by Gasteiger charge is -2.26. The molecular formula is C27H33NO5. The average Bonchev–Trinajstić information content (AvgIpc) is 3.01. The number of carbonyl (C=O) groups is 2. The number of phenolic OH excluding ortho intramolecular Hbond substituents is 1. The highest BCUT2D eigenvalue weighted by molar-refractivity contribution is 6.46. The van der Waals surface area contributed by atoms with Crippen molar-refractivity contribution in [1.82, 2.24) is 4.90 Å². The third-order valence-corrected chi connectivity index (χ3v) is 6.17. The van der Waals surface area contributed by atoms with Crippen molar-refractivity contribution in [3.05, 3.63) is 64.2 Å². The van der Waals surface area contributed by atoms with Crippen LogP contribution in [0.2, 0.25) is 0 Å². The van der Waals surface area contributed by atoms with Crippen LogP contribution in [0.3, 0.4) is 0 Å². The molecule has 33 heavy (non-hydrogen) atoms. The number of unbranched alkanes of at least 4 members (excludes halogenated alkanes) is 1. The van der Waals surface area contributed by atoms with Crippen LogP contribution in [0, 0.1) is 6.92 Å². The fraction of sp³-hybridized carbons (Fsp3) is 0.407. The van der Waals surface area contributed by atoms with Gasteiger partial charge in [-0.05, 0) is 53.6 Å². The number of hydrogen-bond acceptors (Lipinski definition) is 5. The molecule has 1 fully saturated rings. The van der Waals surface area contributed by atoms with Gasteiger partial charge in [-0.25, -0.2) is 0 Å². The number of rotatable bonds is 6. The van der Waals surface area contributed by atoms with Crippen molar-refractivity contribution in [2.75, 3.05) is 13.7 Å². The number of phenols is 1. The number of likely N-dealkylation sites (tertiary alicyclic amines) is 1. The number of aliphatic hydroxyl groups excluding tert-OH is 1. The smallest absolute Gasteiger partial charge is 0.295 e. The van der Waals surface area contributed by atoms with E-state index < -0.39 is 17.7 Å². The molecule has 6 nitrogen and oxygen atoms in total. The molecule has 0 bridgehead atoms. The summed E-state index contributed by atoms with van der Waals surface area (Å²) >= 11 is 0. The molecule has 0 aliphatic carbocycles. The summed E-state index contributed by atoms with van der Waals surface area (Å²) in [7, 11) is 1.45. The number of methoxy groups -OCH3 is 1. The van der Waals surface area contributed by atoms with E-state index in [1.807, 2.05) is 32.0 Å². The summed E-state index contributed by atoms with van der Waals surface area (Å²) in [5.74, 6) is -1.37. The van der Waals surface area contributed by atoms with Crippen molar-refractivity contribution in [2.45, 2.75) is 58.9 Å². The molecule has 176 valence electrons. The molecule has 1 amide bonds. The molecule has 2 aromatic carbocycles. The highest BCUT2D eigenvalue weighted by Gasteiger charge is 2.46. The molecule has 2 aromatic rings. The van der Waals surface area contributed by atoms with E-state index in [1.54, 1.807) is 12.1 Å². The number of benzene rings is 2. The van der Waals surface area contributed by atoms with E-state index in [-0.39, 0.29) is 28.2 Å². The lowest BCUT2D eigenvalue weighted by Crippen LogP contribution is -2.30. The summed E-state index contributed by atoms with van der Waals surface area (Å²) in [5.41, 5.74) is 2.75. The maximum atomic E-state index is 13.2. The molecule has 1 heterocycles. The fourth-order valence-corrected chi connectivity index (χ4v) is 4.15. The van der Waals surface area contributed by atoms with E-state index in [9.17, 15) is 19.8 Å². The molecule has 2 N–H and O–H groups in total. The standard InChI is InChI=1S/C27H33NO5/c1-7-8-13-28-23(17-10-12-21(33-6)20(29)14-17)22(25(31)26(28)32)24(30)19-15-18(27(3,4)5)11-9-16(19)2/h9-12,14-15,23,29-30H,7-8,13H2,1-6H3/b24-22+. The summed E-state index contributed by atoms with van der Waals surface area (Å²) in [4.78, 5) is 27.7. The number of ether oxygens (including phenoxy) is 1. The van der Waals surface area contributed by atoms with Crippen molar-refractivity contribution in [2.24, 2.45) is 0 Å². The van der Waals surface area contributed by atoms with Gasteiger partial charge in [0, 0.05) is 12.1 Å². The molecule has 0 radical (unpaired) electrons. The van der Waals surface area contributed by atoms with Gasteiger partial charge in [-0.2, -0.15) is 0 Å². The minimum atomic E-state index is -0.800. The third kappa shape index (κ3) is 4.61. The van der Waals surface area contributed by atoms with Gasteiger partial charge in [0.25, 0.3) is 11.7 Å². The first-order valence-electron chi connectivity index (χ1n) is 11.3. The Bertz CT molecular complexity index is 1110.